The fourth-order valence-electron chi connectivity index (χ4n) is 2.66. The van der Waals surface area contributed by atoms with Crippen molar-refractivity contribution >= 4 is 5.69 Å². The molecule has 0 radical (unpaired) electrons. The standard InChI is InChI=1S/C16H23N3/c1-13-5-6-15(11-14(13)2)19-10-4-9-18(3)16(12-19)7-8-17/h5-6,11,16H,4,7,9-10,12H2,1-3H3. The molecule has 3 nitrogen and oxygen atoms in total. The van der Waals surface area contributed by atoms with Gasteiger partial charge in [0.15, 0.2) is 0 Å². The Morgan fingerprint density at radius 3 is 2.74 bits per heavy atom. The highest BCUT2D eigenvalue weighted by Crippen LogP contribution is 2.22. The van der Waals surface area contributed by atoms with E-state index in [9.17, 15) is 0 Å². The molecule has 0 N–H and O–H groups in total. The average molecular weight is 257 g/mol. The summed E-state index contributed by atoms with van der Waals surface area (Å²) < 4.78 is 0. The molecule has 1 heterocycles. The molecule has 1 fully saturated rings. The Bertz CT molecular complexity index is 475. The number of aryl methyl sites for hydroxylation is 2. The summed E-state index contributed by atoms with van der Waals surface area (Å²) in [4.78, 5) is 4.75. The van der Waals surface area contributed by atoms with Gasteiger partial charge < -0.3 is 9.80 Å². The van der Waals surface area contributed by atoms with E-state index in [1.54, 1.807) is 0 Å². The van der Waals surface area contributed by atoms with Crippen LogP contribution in [0.15, 0.2) is 18.2 Å². The fourth-order valence-corrected chi connectivity index (χ4v) is 2.66. The van der Waals surface area contributed by atoms with Gasteiger partial charge in [0, 0.05) is 24.8 Å². The molecule has 0 amide bonds. The number of nitriles is 1. The molecule has 1 aromatic rings. The van der Waals surface area contributed by atoms with Gasteiger partial charge in [0.2, 0.25) is 0 Å². The van der Waals surface area contributed by atoms with E-state index in [0.717, 1.165) is 26.1 Å². The maximum Gasteiger partial charge on any atom is 0.0638 e. The quantitative estimate of drug-likeness (QED) is 0.816. The number of benzene rings is 1. The van der Waals surface area contributed by atoms with E-state index in [0.29, 0.717) is 12.5 Å². The van der Waals surface area contributed by atoms with Crippen molar-refractivity contribution in [3.63, 3.8) is 0 Å². The van der Waals surface area contributed by atoms with Gasteiger partial charge in [-0.25, -0.2) is 0 Å². The molecule has 1 aliphatic rings. The van der Waals surface area contributed by atoms with E-state index < -0.39 is 0 Å². The van der Waals surface area contributed by atoms with E-state index in [-0.39, 0.29) is 0 Å². The van der Waals surface area contributed by atoms with Gasteiger partial charge in [-0.15, -0.1) is 0 Å². The maximum absolute atomic E-state index is 8.97. The maximum atomic E-state index is 8.97. The van der Waals surface area contributed by atoms with E-state index in [4.69, 9.17) is 5.26 Å². The zero-order chi connectivity index (χ0) is 13.8. The molecule has 19 heavy (non-hydrogen) atoms. The number of nitrogens with zero attached hydrogens (tertiary/aromatic N) is 3. The first-order valence-electron chi connectivity index (χ1n) is 7.01. The minimum absolute atomic E-state index is 0.342. The Morgan fingerprint density at radius 2 is 2.05 bits per heavy atom. The van der Waals surface area contributed by atoms with Crippen LogP contribution in [0.4, 0.5) is 5.69 Å². The lowest BCUT2D eigenvalue weighted by molar-refractivity contribution is 0.264. The van der Waals surface area contributed by atoms with Crippen molar-refractivity contribution in [1.82, 2.24) is 4.90 Å². The minimum atomic E-state index is 0.342. The molecular weight excluding hydrogens is 234 g/mol. The normalized spacial score (nSPS) is 20.9. The third-order valence-corrected chi connectivity index (χ3v) is 4.18. The van der Waals surface area contributed by atoms with Crippen LogP contribution in [0.3, 0.4) is 0 Å². The summed E-state index contributed by atoms with van der Waals surface area (Å²) in [5, 5.41) is 8.97. The summed E-state index contributed by atoms with van der Waals surface area (Å²) in [6, 6.07) is 9.33. The van der Waals surface area contributed by atoms with Gasteiger partial charge >= 0.3 is 0 Å². The molecule has 1 aliphatic heterocycles. The Labute approximate surface area is 116 Å². The predicted octanol–water partition coefficient (Wildman–Crippen LogP) is 2.73. The van der Waals surface area contributed by atoms with Crippen molar-refractivity contribution in [3.8, 4) is 6.07 Å². The summed E-state index contributed by atoms with van der Waals surface area (Å²) in [7, 11) is 2.13. The van der Waals surface area contributed by atoms with Crippen LogP contribution in [-0.2, 0) is 0 Å². The molecular formula is C16H23N3. The van der Waals surface area contributed by atoms with Crippen molar-refractivity contribution in [3.05, 3.63) is 29.3 Å². The second-order valence-corrected chi connectivity index (χ2v) is 5.56. The molecule has 3 heteroatoms. The molecule has 1 aromatic carbocycles. The Morgan fingerprint density at radius 1 is 1.26 bits per heavy atom. The molecule has 102 valence electrons. The van der Waals surface area contributed by atoms with Crippen LogP contribution in [-0.4, -0.2) is 37.6 Å². The smallest absolute Gasteiger partial charge is 0.0638 e. The van der Waals surface area contributed by atoms with E-state index in [1.807, 2.05) is 0 Å². The van der Waals surface area contributed by atoms with Gasteiger partial charge in [0.05, 0.1) is 12.5 Å². The fraction of sp³-hybridized carbons (Fsp3) is 0.562. The molecule has 2 rings (SSSR count). The summed E-state index contributed by atoms with van der Waals surface area (Å²) in [5.74, 6) is 0. The lowest BCUT2D eigenvalue weighted by Gasteiger charge is -2.29. The molecule has 0 saturated carbocycles. The SMILES string of the molecule is Cc1ccc(N2CCCN(C)C(CC#N)C2)cc1C. The number of hydrogen-bond donors (Lipinski definition) is 0. The number of hydrogen-bond acceptors (Lipinski definition) is 3. The highest BCUT2D eigenvalue weighted by Gasteiger charge is 2.22. The average Bonchev–Trinajstić information content (AvgIpc) is 2.56. The number of likely N-dealkylation sites (N-methyl/N-ethyl adjacent to an activating group) is 1. The molecule has 0 aromatic heterocycles. The topological polar surface area (TPSA) is 30.3 Å². The minimum Gasteiger partial charge on any atom is -0.370 e. The second-order valence-electron chi connectivity index (χ2n) is 5.56. The van der Waals surface area contributed by atoms with Gasteiger partial charge in [0.1, 0.15) is 0 Å². The van der Waals surface area contributed by atoms with Gasteiger partial charge in [-0.1, -0.05) is 6.07 Å². The highest BCUT2D eigenvalue weighted by molar-refractivity contribution is 5.51. The molecule has 1 unspecified atom stereocenters. The summed E-state index contributed by atoms with van der Waals surface area (Å²) >= 11 is 0. The molecule has 1 saturated heterocycles. The number of anilines is 1. The first-order chi connectivity index (χ1) is 9.11. The van der Waals surface area contributed by atoms with Crippen LogP contribution in [0.5, 0.6) is 0 Å². The van der Waals surface area contributed by atoms with Crippen LogP contribution in [0.2, 0.25) is 0 Å². The van der Waals surface area contributed by atoms with Crippen LogP contribution in [0, 0.1) is 25.2 Å². The highest BCUT2D eigenvalue weighted by atomic mass is 15.2. The van der Waals surface area contributed by atoms with Crippen molar-refractivity contribution in [2.45, 2.75) is 32.7 Å². The van der Waals surface area contributed by atoms with Crippen molar-refractivity contribution in [1.29, 1.82) is 5.26 Å². The molecule has 0 aliphatic carbocycles. The van der Waals surface area contributed by atoms with Crippen LogP contribution in [0.1, 0.15) is 24.0 Å². The Hall–Kier alpha value is -1.53. The summed E-state index contributed by atoms with van der Waals surface area (Å²) in [6.07, 6.45) is 1.77. The molecule has 1 atom stereocenters. The predicted molar refractivity (Wildman–Crippen MR) is 79.4 cm³/mol. The zero-order valence-electron chi connectivity index (χ0n) is 12.2. The second kappa shape index (κ2) is 6.08. The third kappa shape index (κ3) is 3.27. The van der Waals surface area contributed by atoms with Crippen molar-refractivity contribution in [2.24, 2.45) is 0 Å². The van der Waals surface area contributed by atoms with E-state index in [2.05, 4.69) is 55.0 Å². The lowest BCUT2D eigenvalue weighted by atomic mass is 10.1. The Kier molecular flexibility index (Phi) is 4.44. The zero-order valence-corrected chi connectivity index (χ0v) is 12.2. The first kappa shape index (κ1) is 13.9. The van der Waals surface area contributed by atoms with Gasteiger partial charge in [-0.05, 0) is 57.1 Å². The largest absolute Gasteiger partial charge is 0.370 e. The number of rotatable bonds is 2. The van der Waals surface area contributed by atoms with Crippen LogP contribution >= 0.6 is 0 Å². The first-order valence-corrected chi connectivity index (χ1v) is 7.01. The van der Waals surface area contributed by atoms with Crippen LogP contribution in [0.25, 0.3) is 0 Å². The van der Waals surface area contributed by atoms with Crippen molar-refractivity contribution < 1.29 is 0 Å². The summed E-state index contributed by atoms with van der Waals surface area (Å²) in [6.45, 7) is 7.42. The Balaban J connectivity index is 2.18. The lowest BCUT2D eigenvalue weighted by Crippen LogP contribution is -2.38. The van der Waals surface area contributed by atoms with Gasteiger partial charge in [-0.3, -0.25) is 0 Å². The van der Waals surface area contributed by atoms with Gasteiger partial charge in [-0.2, -0.15) is 5.26 Å². The van der Waals surface area contributed by atoms with Crippen molar-refractivity contribution in [2.75, 3.05) is 31.6 Å². The third-order valence-electron chi connectivity index (χ3n) is 4.18. The summed E-state index contributed by atoms with van der Waals surface area (Å²) in [5.41, 5.74) is 3.97. The molecule has 0 spiro atoms. The monoisotopic (exact) mass is 257 g/mol. The van der Waals surface area contributed by atoms with E-state index in [1.165, 1.54) is 16.8 Å². The van der Waals surface area contributed by atoms with Crippen LogP contribution < -0.4 is 4.90 Å². The van der Waals surface area contributed by atoms with Gasteiger partial charge in [0.25, 0.3) is 0 Å². The van der Waals surface area contributed by atoms with E-state index >= 15 is 0 Å². The molecule has 0 bridgehead atoms.